The lowest BCUT2D eigenvalue weighted by atomic mass is 10.1. The summed E-state index contributed by atoms with van der Waals surface area (Å²) in [4.78, 5) is 5.14. The first-order valence-electron chi connectivity index (χ1n) is 11.8. The Balaban J connectivity index is 1.29. The number of nitrogens with zero attached hydrogens (tertiary/aromatic N) is 4. The monoisotopic (exact) mass is 416 g/mol. The molecule has 0 bridgehead atoms. The molecule has 0 spiro atoms. The van der Waals surface area contributed by atoms with Crippen LogP contribution in [0.4, 0.5) is 5.69 Å². The van der Waals surface area contributed by atoms with Crippen LogP contribution < -0.4 is 4.90 Å². The molecule has 1 aromatic heterocycles. The van der Waals surface area contributed by atoms with Crippen LogP contribution in [0.5, 0.6) is 0 Å². The number of rotatable bonds is 8. The van der Waals surface area contributed by atoms with E-state index in [9.17, 15) is 0 Å². The highest BCUT2D eigenvalue weighted by Gasteiger charge is 2.17. The second kappa shape index (κ2) is 10.1. The number of benzene rings is 2. The van der Waals surface area contributed by atoms with Crippen molar-refractivity contribution in [3.63, 3.8) is 0 Å². The molecule has 1 aliphatic heterocycles. The number of para-hydroxylation sites is 1. The summed E-state index contributed by atoms with van der Waals surface area (Å²) >= 11 is 0. The SMILES string of the molecule is CCCc1cc(CCCN2CCN(c3ccc(C)c(C)c3)CC2)nn1-c1ccccc1. The predicted molar refractivity (Wildman–Crippen MR) is 130 cm³/mol. The van der Waals surface area contributed by atoms with Crippen molar-refractivity contribution in [2.75, 3.05) is 37.6 Å². The van der Waals surface area contributed by atoms with Crippen molar-refractivity contribution < 1.29 is 0 Å². The van der Waals surface area contributed by atoms with Gasteiger partial charge in [-0.05, 0) is 81.1 Å². The average Bonchev–Trinajstić information content (AvgIpc) is 3.20. The number of piperazine rings is 1. The molecule has 1 fully saturated rings. The Morgan fingerprint density at radius 1 is 0.806 bits per heavy atom. The maximum absolute atomic E-state index is 4.94. The minimum absolute atomic E-state index is 1.05. The summed E-state index contributed by atoms with van der Waals surface area (Å²) in [6, 6.07) is 19.7. The van der Waals surface area contributed by atoms with Gasteiger partial charge < -0.3 is 4.90 Å². The zero-order valence-corrected chi connectivity index (χ0v) is 19.3. The number of aromatic nitrogens is 2. The van der Waals surface area contributed by atoms with Crippen LogP contribution >= 0.6 is 0 Å². The van der Waals surface area contributed by atoms with Gasteiger partial charge in [-0.1, -0.05) is 37.6 Å². The minimum atomic E-state index is 1.05. The molecule has 4 heteroatoms. The van der Waals surface area contributed by atoms with Crippen LogP contribution in [0, 0.1) is 13.8 Å². The maximum Gasteiger partial charge on any atom is 0.0648 e. The molecule has 0 aliphatic carbocycles. The van der Waals surface area contributed by atoms with Crippen molar-refractivity contribution in [2.24, 2.45) is 0 Å². The summed E-state index contributed by atoms with van der Waals surface area (Å²) < 4.78 is 2.14. The van der Waals surface area contributed by atoms with E-state index in [1.165, 1.54) is 40.3 Å². The van der Waals surface area contributed by atoms with Crippen molar-refractivity contribution in [3.8, 4) is 5.69 Å². The molecule has 0 atom stereocenters. The molecule has 1 aliphatic rings. The van der Waals surface area contributed by atoms with E-state index in [4.69, 9.17) is 5.10 Å². The molecule has 0 amide bonds. The third kappa shape index (κ3) is 5.37. The van der Waals surface area contributed by atoms with Crippen molar-refractivity contribution in [3.05, 3.63) is 77.1 Å². The number of anilines is 1. The van der Waals surface area contributed by atoms with Crippen LogP contribution in [0.15, 0.2) is 54.6 Å². The molecule has 1 saturated heterocycles. The highest BCUT2D eigenvalue weighted by Crippen LogP contribution is 2.21. The van der Waals surface area contributed by atoms with Crippen LogP contribution in [-0.4, -0.2) is 47.4 Å². The molecule has 2 heterocycles. The Bertz CT molecular complexity index is 968. The third-order valence-electron chi connectivity index (χ3n) is 6.48. The fourth-order valence-corrected chi connectivity index (χ4v) is 4.46. The van der Waals surface area contributed by atoms with E-state index < -0.39 is 0 Å². The van der Waals surface area contributed by atoms with Gasteiger partial charge in [0.05, 0.1) is 11.4 Å². The standard InChI is InChI=1S/C27H36N4/c1-4-9-27-21-24(28-31(27)25-11-6-5-7-12-25)10-8-15-29-16-18-30(19-17-29)26-14-13-22(2)23(3)20-26/h5-7,11-14,20-21H,4,8-10,15-19H2,1-3H3. The molecule has 31 heavy (non-hydrogen) atoms. The maximum atomic E-state index is 4.94. The molecular formula is C27H36N4. The second-order valence-corrected chi connectivity index (χ2v) is 8.83. The fourth-order valence-electron chi connectivity index (χ4n) is 4.46. The van der Waals surface area contributed by atoms with Crippen molar-refractivity contribution in [1.82, 2.24) is 14.7 Å². The molecule has 0 N–H and O–H groups in total. The highest BCUT2D eigenvalue weighted by atomic mass is 15.3. The normalized spacial score (nSPS) is 14.9. The van der Waals surface area contributed by atoms with Crippen molar-refractivity contribution >= 4 is 5.69 Å². The van der Waals surface area contributed by atoms with E-state index in [0.29, 0.717) is 0 Å². The summed E-state index contributed by atoms with van der Waals surface area (Å²) in [5.41, 5.74) is 7.85. The molecule has 0 saturated carbocycles. The van der Waals surface area contributed by atoms with Gasteiger partial charge in [-0.3, -0.25) is 4.90 Å². The fraction of sp³-hybridized carbons (Fsp3) is 0.444. The van der Waals surface area contributed by atoms with Crippen molar-refractivity contribution in [1.29, 1.82) is 0 Å². The summed E-state index contributed by atoms with van der Waals surface area (Å²) in [5, 5.41) is 4.94. The topological polar surface area (TPSA) is 24.3 Å². The zero-order valence-electron chi connectivity index (χ0n) is 19.3. The lowest BCUT2D eigenvalue weighted by molar-refractivity contribution is 0.255. The van der Waals surface area contributed by atoms with Gasteiger partial charge in [0.2, 0.25) is 0 Å². The third-order valence-corrected chi connectivity index (χ3v) is 6.48. The molecule has 4 rings (SSSR count). The van der Waals surface area contributed by atoms with Crippen LogP contribution in [0.2, 0.25) is 0 Å². The first-order chi connectivity index (χ1) is 15.1. The van der Waals surface area contributed by atoms with Gasteiger partial charge in [0.25, 0.3) is 0 Å². The van der Waals surface area contributed by atoms with E-state index in [1.807, 2.05) is 0 Å². The summed E-state index contributed by atoms with van der Waals surface area (Å²) in [6.45, 7) is 12.3. The number of aryl methyl sites for hydroxylation is 4. The second-order valence-electron chi connectivity index (χ2n) is 8.83. The molecule has 4 nitrogen and oxygen atoms in total. The van der Waals surface area contributed by atoms with E-state index in [2.05, 4.69) is 89.9 Å². The van der Waals surface area contributed by atoms with E-state index >= 15 is 0 Å². The quantitative estimate of drug-likeness (QED) is 0.505. The summed E-state index contributed by atoms with van der Waals surface area (Å²) in [7, 11) is 0. The van der Waals surface area contributed by atoms with Crippen molar-refractivity contribution in [2.45, 2.75) is 46.5 Å². The Morgan fingerprint density at radius 2 is 1.58 bits per heavy atom. The summed E-state index contributed by atoms with van der Waals surface area (Å²) in [5.74, 6) is 0. The Morgan fingerprint density at radius 3 is 2.29 bits per heavy atom. The Hall–Kier alpha value is -2.59. The first-order valence-corrected chi connectivity index (χ1v) is 11.8. The first kappa shape index (κ1) is 21.6. The number of hydrogen-bond acceptors (Lipinski definition) is 3. The molecule has 0 radical (unpaired) electrons. The molecular weight excluding hydrogens is 380 g/mol. The van der Waals surface area contributed by atoms with E-state index in [1.54, 1.807) is 0 Å². The van der Waals surface area contributed by atoms with E-state index in [0.717, 1.165) is 52.0 Å². The van der Waals surface area contributed by atoms with Gasteiger partial charge in [-0.15, -0.1) is 0 Å². The summed E-state index contributed by atoms with van der Waals surface area (Å²) in [6.07, 6.45) is 4.43. The molecule has 2 aromatic carbocycles. The highest BCUT2D eigenvalue weighted by molar-refractivity contribution is 5.51. The lowest BCUT2D eigenvalue weighted by Crippen LogP contribution is -2.46. The van der Waals surface area contributed by atoms with Gasteiger partial charge in [-0.2, -0.15) is 5.10 Å². The lowest BCUT2D eigenvalue weighted by Gasteiger charge is -2.36. The van der Waals surface area contributed by atoms with Crippen LogP contribution in [0.3, 0.4) is 0 Å². The van der Waals surface area contributed by atoms with Gasteiger partial charge in [-0.25, -0.2) is 4.68 Å². The van der Waals surface area contributed by atoms with E-state index in [-0.39, 0.29) is 0 Å². The Labute approximate surface area is 187 Å². The minimum Gasteiger partial charge on any atom is -0.369 e. The van der Waals surface area contributed by atoms with Crippen LogP contribution in [0.25, 0.3) is 5.69 Å². The van der Waals surface area contributed by atoms with Crippen LogP contribution in [-0.2, 0) is 12.8 Å². The number of hydrogen-bond donors (Lipinski definition) is 0. The van der Waals surface area contributed by atoms with Gasteiger partial charge in [0, 0.05) is 37.6 Å². The smallest absolute Gasteiger partial charge is 0.0648 e. The van der Waals surface area contributed by atoms with Gasteiger partial charge in [0.15, 0.2) is 0 Å². The Kier molecular flexibility index (Phi) is 7.08. The largest absolute Gasteiger partial charge is 0.369 e. The average molecular weight is 417 g/mol. The predicted octanol–water partition coefficient (Wildman–Crippen LogP) is 5.20. The zero-order chi connectivity index (χ0) is 21.6. The molecule has 0 unspecified atom stereocenters. The molecule has 164 valence electrons. The van der Waals surface area contributed by atoms with Gasteiger partial charge >= 0.3 is 0 Å². The van der Waals surface area contributed by atoms with Gasteiger partial charge in [0.1, 0.15) is 0 Å². The van der Waals surface area contributed by atoms with Crippen LogP contribution in [0.1, 0.15) is 42.3 Å². The molecule has 3 aromatic rings.